The summed E-state index contributed by atoms with van der Waals surface area (Å²) in [5.74, 6) is -15.5. The standard InChI is InChI=1S/C30H23F6N/c1-19-7-12-23(13-8-19)37(24-14-9-20(2)10-15-24)18-22-5-3-4-6-25(22)21-11-16-26-27(17-21)29(33,34)30(35,36)28(26,31)32/h3-17H,18H2,1-2H3. The summed E-state index contributed by atoms with van der Waals surface area (Å²) in [5.41, 5.74) is 2.63. The monoisotopic (exact) mass is 511 g/mol. The lowest BCUT2D eigenvalue weighted by atomic mass is 9.95. The molecule has 0 saturated carbocycles. The SMILES string of the molecule is Cc1ccc(N(Cc2ccccc2-c2ccc3c(c2)C(F)(F)C(F)(F)C3(F)F)c2ccc(C)cc2)cc1. The highest BCUT2D eigenvalue weighted by molar-refractivity contribution is 5.72. The second-order valence-electron chi connectivity index (χ2n) is 9.40. The van der Waals surface area contributed by atoms with Crippen LogP contribution in [0.4, 0.5) is 37.7 Å². The molecule has 0 saturated heterocycles. The molecule has 0 atom stereocenters. The molecular weight excluding hydrogens is 488 g/mol. The third kappa shape index (κ3) is 3.97. The van der Waals surface area contributed by atoms with E-state index in [-0.39, 0.29) is 5.56 Å². The van der Waals surface area contributed by atoms with Gasteiger partial charge in [0.05, 0.1) is 0 Å². The first-order chi connectivity index (χ1) is 17.4. The number of hydrogen-bond donors (Lipinski definition) is 0. The van der Waals surface area contributed by atoms with Gasteiger partial charge < -0.3 is 4.90 Å². The minimum atomic E-state index is -5.51. The molecule has 4 aromatic carbocycles. The smallest absolute Gasteiger partial charge is 0.337 e. The van der Waals surface area contributed by atoms with Crippen LogP contribution in [0.15, 0.2) is 91.0 Å². The van der Waals surface area contributed by atoms with Crippen molar-refractivity contribution in [3.8, 4) is 11.1 Å². The van der Waals surface area contributed by atoms with E-state index in [4.69, 9.17) is 0 Å². The van der Waals surface area contributed by atoms with Crippen LogP contribution >= 0.6 is 0 Å². The maximum atomic E-state index is 14.5. The number of alkyl halides is 6. The summed E-state index contributed by atoms with van der Waals surface area (Å²) in [6.07, 6.45) is 0. The van der Waals surface area contributed by atoms with Gasteiger partial charge in [0, 0.05) is 29.0 Å². The molecule has 7 heteroatoms. The first-order valence-electron chi connectivity index (χ1n) is 11.7. The van der Waals surface area contributed by atoms with E-state index in [1.807, 2.05) is 67.3 Å². The highest BCUT2D eigenvalue weighted by Gasteiger charge is 2.79. The lowest BCUT2D eigenvalue weighted by Gasteiger charge is -2.27. The topological polar surface area (TPSA) is 3.24 Å². The van der Waals surface area contributed by atoms with E-state index in [1.54, 1.807) is 24.3 Å². The van der Waals surface area contributed by atoms with Crippen LogP contribution in [0.1, 0.15) is 27.8 Å². The van der Waals surface area contributed by atoms with Crippen molar-refractivity contribution in [1.29, 1.82) is 0 Å². The Kier molecular flexibility index (Phi) is 5.85. The van der Waals surface area contributed by atoms with Gasteiger partial charge in [-0.15, -0.1) is 0 Å². The minimum absolute atomic E-state index is 0.162. The number of anilines is 2. The van der Waals surface area contributed by atoms with Crippen molar-refractivity contribution in [3.05, 3.63) is 119 Å². The van der Waals surface area contributed by atoms with Gasteiger partial charge in [-0.1, -0.05) is 71.8 Å². The first kappa shape index (κ1) is 24.9. The Morgan fingerprint density at radius 1 is 0.595 bits per heavy atom. The van der Waals surface area contributed by atoms with Gasteiger partial charge in [-0.05, 0) is 60.9 Å². The predicted molar refractivity (Wildman–Crippen MR) is 133 cm³/mol. The number of nitrogens with zero attached hydrogens (tertiary/aromatic N) is 1. The Hall–Kier alpha value is -3.74. The molecule has 0 amide bonds. The molecule has 0 bridgehead atoms. The van der Waals surface area contributed by atoms with Gasteiger partial charge in [0.25, 0.3) is 0 Å². The highest BCUT2D eigenvalue weighted by Crippen LogP contribution is 2.63. The number of rotatable bonds is 5. The van der Waals surface area contributed by atoms with Crippen LogP contribution in [0.25, 0.3) is 11.1 Å². The Morgan fingerprint density at radius 3 is 1.68 bits per heavy atom. The molecule has 0 unspecified atom stereocenters. The van der Waals surface area contributed by atoms with E-state index in [0.29, 0.717) is 23.7 Å². The molecule has 0 aliphatic heterocycles. The zero-order valence-electron chi connectivity index (χ0n) is 20.1. The van der Waals surface area contributed by atoms with Crippen molar-refractivity contribution < 1.29 is 26.3 Å². The molecule has 1 nitrogen and oxygen atoms in total. The van der Waals surface area contributed by atoms with Crippen molar-refractivity contribution in [2.24, 2.45) is 0 Å². The van der Waals surface area contributed by atoms with Crippen LogP contribution < -0.4 is 4.90 Å². The van der Waals surface area contributed by atoms with Gasteiger partial charge in [0.15, 0.2) is 0 Å². The molecule has 0 heterocycles. The summed E-state index contributed by atoms with van der Waals surface area (Å²) in [6.45, 7) is 4.28. The molecular formula is C30H23F6N. The van der Waals surface area contributed by atoms with E-state index in [2.05, 4.69) is 0 Å². The summed E-state index contributed by atoms with van der Waals surface area (Å²) < 4.78 is 85.4. The van der Waals surface area contributed by atoms with Crippen LogP contribution in [0.2, 0.25) is 0 Å². The van der Waals surface area contributed by atoms with E-state index in [1.165, 1.54) is 6.07 Å². The lowest BCUT2D eigenvalue weighted by molar-refractivity contribution is -0.302. The molecule has 1 aliphatic rings. The largest absolute Gasteiger partial charge is 0.380 e. The molecule has 5 rings (SSSR count). The van der Waals surface area contributed by atoms with Crippen LogP contribution in [-0.2, 0) is 18.4 Å². The average molecular weight is 512 g/mol. The van der Waals surface area contributed by atoms with Gasteiger partial charge in [0.2, 0.25) is 0 Å². The Morgan fingerprint density at radius 2 is 1.11 bits per heavy atom. The predicted octanol–water partition coefficient (Wildman–Crippen LogP) is 9.14. The fraction of sp³-hybridized carbons (Fsp3) is 0.200. The fourth-order valence-corrected chi connectivity index (χ4v) is 4.67. The molecule has 0 radical (unpaired) electrons. The summed E-state index contributed by atoms with van der Waals surface area (Å²) in [6, 6.07) is 25.4. The van der Waals surface area contributed by atoms with E-state index < -0.39 is 28.9 Å². The van der Waals surface area contributed by atoms with Crippen molar-refractivity contribution >= 4 is 11.4 Å². The zero-order chi connectivity index (χ0) is 26.6. The van der Waals surface area contributed by atoms with Crippen LogP contribution in [0.5, 0.6) is 0 Å². The summed E-state index contributed by atoms with van der Waals surface area (Å²) >= 11 is 0. The van der Waals surface area contributed by atoms with Crippen LogP contribution in [0.3, 0.4) is 0 Å². The second kappa shape index (κ2) is 8.68. The summed E-state index contributed by atoms with van der Waals surface area (Å²) in [7, 11) is 0. The Balaban J connectivity index is 1.60. The number of benzene rings is 4. The molecule has 37 heavy (non-hydrogen) atoms. The molecule has 0 N–H and O–H groups in total. The maximum absolute atomic E-state index is 14.5. The van der Waals surface area contributed by atoms with Crippen molar-refractivity contribution in [3.63, 3.8) is 0 Å². The number of fused-ring (bicyclic) bond motifs is 1. The van der Waals surface area contributed by atoms with Crippen LogP contribution in [0, 0.1) is 13.8 Å². The molecule has 0 aromatic heterocycles. The molecule has 0 spiro atoms. The number of halogens is 6. The molecule has 190 valence electrons. The molecule has 0 fully saturated rings. The Labute approximate surface area is 211 Å². The first-order valence-corrected chi connectivity index (χ1v) is 11.7. The van der Waals surface area contributed by atoms with E-state index in [9.17, 15) is 26.3 Å². The van der Waals surface area contributed by atoms with E-state index >= 15 is 0 Å². The van der Waals surface area contributed by atoms with Gasteiger partial charge in [-0.2, -0.15) is 26.3 Å². The summed E-state index contributed by atoms with van der Waals surface area (Å²) in [4.78, 5) is 2.04. The summed E-state index contributed by atoms with van der Waals surface area (Å²) in [5, 5.41) is 0. The zero-order valence-corrected chi connectivity index (χ0v) is 20.1. The van der Waals surface area contributed by atoms with E-state index in [0.717, 1.165) is 28.6 Å². The number of aryl methyl sites for hydroxylation is 2. The lowest BCUT2D eigenvalue weighted by Crippen LogP contribution is -2.43. The second-order valence-corrected chi connectivity index (χ2v) is 9.40. The van der Waals surface area contributed by atoms with Gasteiger partial charge in [0.1, 0.15) is 0 Å². The normalized spacial score (nSPS) is 16.9. The minimum Gasteiger partial charge on any atom is -0.337 e. The van der Waals surface area contributed by atoms with Gasteiger partial charge in [-0.25, -0.2) is 0 Å². The third-order valence-corrected chi connectivity index (χ3v) is 6.83. The van der Waals surface area contributed by atoms with Gasteiger partial charge in [-0.3, -0.25) is 0 Å². The fourth-order valence-electron chi connectivity index (χ4n) is 4.67. The highest BCUT2D eigenvalue weighted by atomic mass is 19.3. The molecule has 1 aliphatic carbocycles. The van der Waals surface area contributed by atoms with Crippen LogP contribution in [-0.4, -0.2) is 5.92 Å². The maximum Gasteiger partial charge on any atom is 0.380 e. The van der Waals surface area contributed by atoms with Crippen molar-refractivity contribution in [1.82, 2.24) is 0 Å². The Bertz CT molecular complexity index is 1400. The van der Waals surface area contributed by atoms with Gasteiger partial charge >= 0.3 is 17.8 Å². The average Bonchev–Trinajstić information content (AvgIpc) is 2.98. The van der Waals surface area contributed by atoms with Crippen molar-refractivity contribution in [2.45, 2.75) is 38.2 Å². The number of hydrogen-bond acceptors (Lipinski definition) is 1. The van der Waals surface area contributed by atoms with Crippen molar-refractivity contribution in [2.75, 3.05) is 4.90 Å². The quantitative estimate of drug-likeness (QED) is 0.242. The molecule has 4 aromatic rings. The third-order valence-electron chi connectivity index (χ3n) is 6.83.